The second-order valence-corrected chi connectivity index (χ2v) is 8.55. The minimum atomic E-state index is -0.131. The molecule has 0 unspecified atom stereocenters. The molecular weight excluding hydrogens is 426 g/mol. The fourth-order valence-corrected chi connectivity index (χ4v) is 4.43. The van der Waals surface area contributed by atoms with Crippen molar-refractivity contribution in [1.82, 2.24) is 15.1 Å². The predicted molar refractivity (Wildman–Crippen MR) is 132 cm³/mol. The van der Waals surface area contributed by atoms with Crippen molar-refractivity contribution in [2.75, 3.05) is 26.7 Å². The largest absolute Gasteiger partial charge is 0.489 e. The molecule has 0 bridgehead atoms. The molecule has 1 N–H and O–H groups in total. The molecule has 0 saturated carbocycles. The Labute approximate surface area is 201 Å². The lowest BCUT2D eigenvalue weighted by Crippen LogP contribution is -2.49. The highest BCUT2D eigenvalue weighted by Gasteiger charge is 2.30. The third-order valence-corrected chi connectivity index (χ3v) is 6.23. The topological polar surface area (TPSA) is 61.9 Å². The van der Waals surface area contributed by atoms with Crippen LogP contribution in [0.2, 0.25) is 0 Å². The van der Waals surface area contributed by atoms with E-state index in [2.05, 4.69) is 28.4 Å². The normalized spacial score (nSPS) is 16.2. The van der Waals surface area contributed by atoms with Gasteiger partial charge in [-0.15, -0.1) is 0 Å². The molecule has 1 aliphatic rings. The Kier molecular flexibility index (Phi) is 7.60. The van der Waals surface area contributed by atoms with E-state index in [9.17, 15) is 9.59 Å². The van der Waals surface area contributed by atoms with E-state index in [0.29, 0.717) is 25.3 Å². The fraction of sp³-hybridized carbons (Fsp3) is 0.286. The third-order valence-electron chi connectivity index (χ3n) is 6.23. The van der Waals surface area contributed by atoms with Gasteiger partial charge < -0.3 is 15.0 Å². The maximum absolute atomic E-state index is 12.4. The van der Waals surface area contributed by atoms with Gasteiger partial charge in [0.25, 0.3) is 5.91 Å². The predicted octanol–water partition coefficient (Wildman–Crippen LogP) is 4.03. The lowest BCUT2D eigenvalue weighted by atomic mass is 9.99. The number of nitrogens with zero attached hydrogens (tertiary/aromatic N) is 2. The molecule has 0 aliphatic carbocycles. The number of nitrogens with one attached hydrogen (secondary N) is 1. The van der Waals surface area contributed by atoms with Crippen molar-refractivity contribution >= 4 is 11.8 Å². The first kappa shape index (κ1) is 23.5. The minimum Gasteiger partial charge on any atom is -0.489 e. The van der Waals surface area contributed by atoms with E-state index in [1.165, 1.54) is 0 Å². The Morgan fingerprint density at radius 1 is 0.971 bits per heavy atom. The van der Waals surface area contributed by atoms with Gasteiger partial charge in [-0.25, -0.2) is 0 Å². The molecule has 0 spiro atoms. The molecular formula is C28H31N3O3. The van der Waals surface area contributed by atoms with Crippen molar-refractivity contribution in [1.29, 1.82) is 0 Å². The van der Waals surface area contributed by atoms with Gasteiger partial charge in [0.1, 0.15) is 12.4 Å². The molecule has 176 valence electrons. The zero-order valence-corrected chi connectivity index (χ0v) is 19.7. The van der Waals surface area contributed by atoms with Crippen LogP contribution in [-0.2, 0) is 17.9 Å². The SMILES string of the molecule is CNC(=O)c1cccc([C@H]2CN(Cc3ccccc3OCc3ccccc3)CCN2C(C)=O)c1. The third kappa shape index (κ3) is 5.64. The summed E-state index contributed by atoms with van der Waals surface area (Å²) in [7, 11) is 1.62. The van der Waals surface area contributed by atoms with Crippen LogP contribution in [0.1, 0.15) is 40.0 Å². The molecule has 1 atom stereocenters. The molecule has 6 heteroatoms. The fourth-order valence-electron chi connectivity index (χ4n) is 4.43. The highest BCUT2D eigenvalue weighted by atomic mass is 16.5. The van der Waals surface area contributed by atoms with Gasteiger partial charge in [-0.1, -0.05) is 60.7 Å². The molecule has 4 rings (SSSR count). The van der Waals surface area contributed by atoms with E-state index in [0.717, 1.165) is 35.5 Å². The Hall–Kier alpha value is -3.64. The number of para-hydroxylation sites is 1. The number of carbonyl (C=O) groups is 2. The highest BCUT2D eigenvalue weighted by molar-refractivity contribution is 5.94. The van der Waals surface area contributed by atoms with Gasteiger partial charge in [0.15, 0.2) is 0 Å². The number of benzene rings is 3. The van der Waals surface area contributed by atoms with E-state index in [4.69, 9.17) is 4.74 Å². The maximum Gasteiger partial charge on any atom is 0.251 e. The average Bonchev–Trinajstić information content (AvgIpc) is 2.88. The summed E-state index contributed by atoms with van der Waals surface area (Å²) in [5, 5.41) is 2.67. The second-order valence-electron chi connectivity index (χ2n) is 8.55. The molecule has 34 heavy (non-hydrogen) atoms. The lowest BCUT2D eigenvalue weighted by molar-refractivity contribution is -0.134. The summed E-state index contributed by atoms with van der Waals surface area (Å²) in [6.07, 6.45) is 0. The van der Waals surface area contributed by atoms with E-state index in [1.54, 1.807) is 20.0 Å². The second kappa shape index (κ2) is 11.0. The molecule has 3 aromatic rings. The van der Waals surface area contributed by atoms with Gasteiger partial charge >= 0.3 is 0 Å². The first-order chi connectivity index (χ1) is 16.5. The molecule has 0 radical (unpaired) electrons. The van der Waals surface area contributed by atoms with E-state index < -0.39 is 0 Å². The zero-order valence-electron chi connectivity index (χ0n) is 19.7. The number of hydrogen-bond acceptors (Lipinski definition) is 4. The molecule has 1 aliphatic heterocycles. The summed E-state index contributed by atoms with van der Waals surface area (Å²) in [5.74, 6) is 0.786. The van der Waals surface area contributed by atoms with Crippen LogP contribution < -0.4 is 10.1 Å². The summed E-state index contributed by atoms with van der Waals surface area (Å²) < 4.78 is 6.15. The Morgan fingerprint density at radius 3 is 2.50 bits per heavy atom. The summed E-state index contributed by atoms with van der Waals surface area (Å²) in [5.41, 5.74) is 3.81. The van der Waals surface area contributed by atoms with Gasteiger partial charge in [0.2, 0.25) is 5.91 Å². The molecule has 1 saturated heterocycles. The van der Waals surface area contributed by atoms with Crippen molar-refractivity contribution < 1.29 is 14.3 Å². The summed E-state index contributed by atoms with van der Waals surface area (Å²) >= 11 is 0. The molecule has 3 aromatic carbocycles. The smallest absolute Gasteiger partial charge is 0.251 e. The van der Waals surface area contributed by atoms with Crippen LogP contribution in [0.25, 0.3) is 0 Å². The Bertz CT molecular complexity index is 1130. The zero-order chi connectivity index (χ0) is 23.9. The first-order valence-corrected chi connectivity index (χ1v) is 11.6. The van der Waals surface area contributed by atoms with Crippen LogP contribution in [0.3, 0.4) is 0 Å². The van der Waals surface area contributed by atoms with Crippen molar-refractivity contribution in [3.63, 3.8) is 0 Å². The molecule has 1 heterocycles. The number of amides is 2. The minimum absolute atomic E-state index is 0.0431. The monoisotopic (exact) mass is 457 g/mol. The van der Waals surface area contributed by atoms with Crippen LogP contribution >= 0.6 is 0 Å². The molecule has 1 fully saturated rings. The van der Waals surface area contributed by atoms with Crippen LogP contribution in [0.15, 0.2) is 78.9 Å². The summed E-state index contributed by atoms with van der Waals surface area (Å²) in [6, 6.07) is 25.7. The van der Waals surface area contributed by atoms with Crippen molar-refractivity contribution in [2.45, 2.75) is 26.1 Å². The number of carbonyl (C=O) groups excluding carboxylic acids is 2. The van der Waals surface area contributed by atoms with Crippen LogP contribution in [0.5, 0.6) is 5.75 Å². The quantitative estimate of drug-likeness (QED) is 0.582. The van der Waals surface area contributed by atoms with Gasteiger partial charge in [-0.2, -0.15) is 0 Å². The number of ether oxygens (including phenoxy) is 1. The van der Waals surface area contributed by atoms with Crippen LogP contribution in [0.4, 0.5) is 0 Å². The van der Waals surface area contributed by atoms with Crippen molar-refractivity contribution in [3.05, 3.63) is 101 Å². The number of piperazine rings is 1. The summed E-state index contributed by atoms with van der Waals surface area (Å²) in [6.45, 7) is 4.95. The number of rotatable bonds is 7. The average molecular weight is 458 g/mol. The maximum atomic E-state index is 12.4. The Morgan fingerprint density at radius 2 is 1.74 bits per heavy atom. The van der Waals surface area contributed by atoms with Gasteiger partial charge in [-0.3, -0.25) is 14.5 Å². The van der Waals surface area contributed by atoms with Crippen LogP contribution in [-0.4, -0.2) is 48.3 Å². The molecule has 0 aromatic heterocycles. The van der Waals surface area contributed by atoms with Gasteiger partial charge in [0.05, 0.1) is 6.04 Å². The lowest BCUT2D eigenvalue weighted by Gasteiger charge is -2.41. The highest BCUT2D eigenvalue weighted by Crippen LogP contribution is 2.29. The molecule has 2 amide bonds. The van der Waals surface area contributed by atoms with Crippen molar-refractivity contribution in [2.24, 2.45) is 0 Å². The van der Waals surface area contributed by atoms with E-state index >= 15 is 0 Å². The van der Waals surface area contributed by atoms with E-state index in [1.807, 2.05) is 59.5 Å². The standard InChI is InChI=1S/C28H31N3O3/c1-21(32)31-16-15-30(19-26(31)23-12-8-13-24(17-23)28(33)29-2)18-25-11-6-7-14-27(25)34-20-22-9-4-3-5-10-22/h3-14,17,26H,15-16,18-20H2,1-2H3,(H,29,33)/t26-/m1/s1. The van der Waals surface area contributed by atoms with Gasteiger partial charge in [0, 0.05) is 51.3 Å². The van der Waals surface area contributed by atoms with Crippen molar-refractivity contribution in [3.8, 4) is 5.75 Å². The first-order valence-electron chi connectivity index (χ1n) is 11.6. The Balaban J connectivity index is 1.51. The summed E-state index contributed by atoms with van der Waals surface area (Å²) in [4.78, 5) is 28.8. The van der Waals surface area contributed by atoms with Gasteiger partial charge in [-0.05, 0) is 29.3 Å². The van der Waals surface area contributed by atoms with E-state index in [-0.39, 0.29) is 17.9 Å². The molecule has 6 nitrogen and oxygen atoms in total. The number of hydrogen-bond donors (Lipinski definition) is 1. The van der Waals surface area contributed by atoms with Crippen LogP contribution in [0, 0.1) is 0 Å².